The molecule has 0 rings (SSSR count). The molecular weight excluding hydrogens is 184 g/mol. The maximum Gasteiger partial charge on any atom is 0.305 e. The third kappa shape index (κ3) is 4.81. The second kappa shape index (κ2) is 4.95. The molecule has 0 aliphatic carbocycles. The molecule has 0 aromatic heterocycles. The topological polar surface area (TPSA) is 78.4 Å². The van der Waals surface area contributed by atoms with Crippen molar-refractivity contribution in [3.8, 4) is 0 Å². The number of rotatable bonds is 5. The van der Waals surface area contributed by atoms with E-state index in [-0.39, 0.29) is 18.4 Å². The van der Waals surface area contributed by atoms with Crippen LogP contribution in [-0.2, 0) is 9.59 Å². The molecule has 14 heavy (non-hydrogen) atoms. The number of carboxylic acids is 1. The van der Waals surface area contributed by atoms with E-state index in [2.05, 4.69) is 10.6 Å². The third-order valence-electron chi connectivity index (χ3n) is 1.88. The second-order valence-corrected chi connectivity index (χ2v) is 3.95. The summed E-state index contributed by atoms with van der Waals surface area (Å²) >= 11 is 0. The molecule has 0 aliphatic heterocycles. The molecule has 0 bridgehead atoms. The van der Waals surface area contributed by atoms with Crippen LogP contribution < -0.4 is 10.6 Å². The quantitative estimate of drug-likeness (QED) is 0.584. The zero-order chi connectivity index (χ0) is 11.4. The van der Waals surface area contributed by atoms with E-state index in [1.165, 1.54) is 0 Å². The van der Waals surface area contributed by atoms with Crippen LogP contribution in [0.4, 0.5) is 0 Å². The summed E-state index contributed by atoms with van der Waals surface area (Å²) in [5.74, 6) is -1.12. The average Bonchev–Trinajstić information content (AvgIpc) is 1.99. The van der Waals surface area contributed by atoms with E-state index in [1.807, 2.05) is 0 Å². The highest BCUT2D eigenvalue weighted by molar-refractivity contribution is 5.82. The molecule has 0 aromatic carbocycles. The van der Waals surface area contributed by atoms with Crippen LogP contribution in [0.2, 0.25) is 0 Å². The van der Waals surface area contributed by atoms with E-state index in [0.717, 1.165) is 0 Å². The molecule has 0 fully saturated rings. The third-order valence-corrected chi connectivity index (χ3v) is 1.88. The van der Waals surface area contributed by atoms with Crippen LogP contribution in [0, 0.1) is 0 Å². The predicted molar refractivity (Wildman–Crippen MR) is 53.0 cm³/mol. The fraction of sp³-hybridized carbons (Fsp3) is 0.778. The number of likely N-dealkylation sites (N-methyl/N-ethyl adjacent to an activating group) is 1. The molecule has 0 radical (unpaired) electrons. The van der Waals surface area contributed by atoms with Crippen LogP contribution in [-0.4, -0.2) is 35.6 Å². The lowest BCUT2D eigenvalue weighted by atomic mass is 10.0. The van der Waals surface area contributed by atoms with Gasteiger partial charge in [-0.3, -0.25) is 9.59 Å². The number of aliphatic carboxylic acids is 1. The second-order valence-electron chi connectivity index (χ2n) is 3.95. The van der Waals surface area contributed by atoms with Crippen LogP contribution in [0.3, 0.4) is 0 Å². The monoisotopic (exact) mass is 202 g/mol. The summed E-state index contributed by atoms with van der Waals surface area (Å²) in [6.45, 7) is 5.08. The number of hydrogen-bond acceptors (Lipinski definition) is 3. The van der Waals surface area contributed by atoms with Gasteiger partial charge in [-0.2, -0.15) is 0 Å². The normalized spacial score (nSPS) is 13.4. The molecule has 0 spiro atoms. The Kier molecular flexibility index (Phi) is 4.56. The summed E-state index contributed by atoms with van der Waals surface area (Å²) in [7, 11) is 1.68. The lowest BCUT2D eigenvalue weighted by molar-refractivity contribution is -0.138. The van der Waals surface area contributed by atoms with Gasteiger partial charge in [0, 0.05) is 5.54 Å². The summed E-state index contributed by atoms with van der Waals surface area (Å²) in [5, 5.41) is 14.0. The minimum Gasteiger partial charge on any atom is -0.481 e. The molecule has 1 unspecified atom stereocenters. The van der Waals surface area contributed by atoms with Gasteiger partial charge in [0.25, 0.3) is 0 Å². The summed E-state index contributed by atoms with van der Waals surface area (Å²) < 4.78 is 0. The van der Waals surface area contributed by atoms with E-state index in [4.69, 9.17) is 5.11 Å². The largest absolute Gasteiger partial charge is 0.481 e. The van der Waals surface area contributed by atoms with Crippen molar-refractivity contribution in [3.63, 3.8) is 0 Å². The lowest BCUT2D eigenvalue weighted by Gasteiger charge is -2.26. The molecule has 5 nitrogen and oxygen atoms in total. The molecular formula is C9H18N2O3. The Balaban J connectivity index is 4.21. The molecule has 82 valence electrons. The number of hydrogen-bond donors (Lipinski definition) is 3. The van der Waals surface area contributed by atoms with Gasteiger partial charge in [0.2, 0.25) is 5.91 Å². The van der Waals surface area contributed by atoms with Crippen LogP contribution in [0.15, 0.2) is 0 Å². The first kappa shape index (κ1) is 12.9. The van der Waals surface area contributed by atoms with E-state index in [1.54, 1.807) is 27.8 Å². The van der Waals surface area contributed by atoms with Gasteiger partial charge in [-0.15, -0.1) is 0 Å². The number of carbonyl (C=O) groups is 2. The minimum atomic E-state index is -0.924. The molecule has 0 aromatic rings. The Morgan fingerprint density at radius 3 is 2.29 bits per heavy atom. The van der Waals surface area contributed by atoms with Gasteiger partial charge in [0.15, 0.2) is 0 Å². The number of carbonyl (C=O) groups excluding carboxylic acids is 1. The van der Waals surface area contributed by atoms with Crippen molar-refractivity contribution in [1.29, 1.82) is 0 Å². The molecule has 1 amide bonds. The maximum absolute atomic E-state index is 11.4. The summed E-state index contributed by atoms with van der Waals surface area (Å²) in [4.78, 5) is 21.9. The SMILES string of the molecule is CNC(C)C(=O)NC(C)(C)CC(=O)O. The van der Waals surface area contributed by atoms with E-state index >= 15 is 0 Å². The highest BCUT2D eigenvalue weighted by Crippen LogP contribution is 2.08. The fourth-order valence-electron chi connectivity index (χ4n) is 0.995. The number of amides is 1. The summed E-state index contributed by atoms with van der Waals surface area (Å²) in [6.07, 6.45) is -0.0881. The van der Waals surface area contributed by atoms with Crippen LogP contribution in [0.5, 0.6) is 0 Å². The van der Waals surface area contributed by atoms with Crippen LogP contribution in [0.25, 0.3) is 0 Å². The number of carboxylic acid groups (broad SMARTS) is 1. The standard InChI is InChI=1S/C9H18N2O3/c1-6(10-4)8(14)11-9(2,3)5-7(12)13/h6,10H,5H2,1-4H3,(H,11,14)(H,12,13). The van der Waals surface area contributed by atoms with Crippen LogP contribution in [0.1, 0.15) is 27.2 Å². The minimum absolute atomic E-state index is 0.0881. The highest BCUT2D eigenvalue weighted by Gasteiger charge is 2.25. The zero-order valence-corrected chi connectivity index (χ0v) is 9.05. The van der Waals surface area contributed by atoms with Gasteiger partial charge in [-0.05, 0) is 27.8 Å². The first-order valence-corrected chi connectivity index (χ1v) is 4.49. The smallest absolute Gasteiger partial charge is 0.305 e. The average molecular weight is 202 g/mol. The highest BCUT2D eigenvalue weighted by atomic mass is 16.4. The lowest BCUT2D eigenvalue weighted by Crippen LogP contribution is -2.51. The maximum atomic E-state index is 11.4. The molecule has 0 saturated carbocycles. The van der Waals surface area contributed by atoms with Gasteiger partial charge in [0.1, 0.15) is 0 Å². The van der Waals surface area contributed by atoms with Crippen molar-refractivity contribution in [2.75, 3.05) is 7.05 Å². The van der Waals surface area contributed by atoms with Gasteiger partial charge in [-0.1, -0.05) is 0 Å². The van der Waals surface area contributed by atoms with Crippen molar-refractivity contribution in [1.82, 2.24) is 10.6 Å². The molecule has 0 saturated heterocycles. The van der Waals surface area contributed by atoms with Crippen molar-refractivity contribution in [3.05, 3.63) is 0 Å². The van der Waals surface area contributed by atoms with Gasteiger partial charge < -0.3 is 15.7 Å². The summed E-state index contributed by atoms with van der Waals surface area (Å²) in [5.41, 5.74) is -0.714. The van der Waals surface area contributed by atoms with Crippen molar-refractivity contribution in [2.24, 2.45) is 0 Å². The van der Waals surface area contributed by atoms with Crippen molar-refractivity contribution in [2.45, 2.75) is 38.8 Å². The molecule has 1 atom stereocenters. The van der Waals surface area contributed by atoms with Gasteiger partial charge in [-0.25, -0.2) is 0 Å². The van der Waals surface area contributed by atoms with Crippen molar-refractivity contribution >= 4 is 11.9 Å². The van der Waals surface area contributed by atoms with Crippen molar-refractivity contribution < 1.29 is 14.7 Å². The Hall–Kier alpha value is -1.10. The molecule has 0 aliphatic rings. The fourth-order valence-corrected chi connectivity index (χ4v) is 0.995. The first-order valence-electron chi connectivity index (χ1n) is 4.49. The molecule has 5 heteroatoms. The van der Waals surface area contributed by atoms with E-state index in [0.29, 0.717) is 0 Å². The van der Waals surface area contributed by atoms with Crippen LogP contribution >= 0.6 is 0 Å². The Labute approximate surface area is 83.9 Å². The Morgan fingerprint density at radius 1 is 1.43 bits per heavy atom. The molecule has 3 N–H and O–H groups in total. The zero-order valence-electron chi connectivity index (χ0n) is 9.05. The van der Waals surface area contributed by atoms with E-state index < -0.39 is 11.5 Å². The van der Waals surface area contributed by atoms with Gasteiger partial charge >= 0.3 is 5.97 Å². The predicted octanol–water partition coefficient (Wildman–Crippen LogP) is -0.0362. The summed E-state index contributed by atoms with van der Waals surface area (Å²) in [6, 6.07) is -0.317. The number of nitrogens with one attached hydrogen (secondary N) is 2. The molecule has 0 heterocycles. The Morgan fingerprint density at radius 2 is 1.93 bits per heavy atom. The van der Waals surface area contributed by atoms with Gasteiger partial charge in [0.05, 0.1) is 12.5 Å². The first-order chi connectivity index (χ1) is 6.28. The van der Waals surface area contributed by atoms with E-state index in [9.17, 15) is 9.59 Å². The Bertz CT molecular complexity index is 226.